The molecule has 0 unspecified atom stereocenters. The van der Waals surface area contributed by atoms with Crippen LogP contribution in [0.1, 0.15) is 37.7 Å². The van der Waals surface area contributed by atoms with Crippen LogP contribution in [0.4, 0.5) is 5.82 Å². The normalized spacial score (nSPS) is 16.3. The number of aromatic nitrogens is 3. The van der Waals surface area contributed by atoms with Crippen molar-refractivity contribution in [2.24, 2.45) is 0 Å². The van der Waals surface area contributed by atoms with Gasteiger partial charge in [0.1, 0.15) is 11.6 Å². The maximum Gasteiger partial charge on any atom is 0.196 e. The summed E-state index contributed by atoms with van der Waals surface area (Å²) in [6, 6.07) is 16.5. The van der Waals surface area contributed by atoms with Crippen LogP contribution in [0, 0.1) is 0 Å². The van der Waals surface area contributed by atoms with Crippen LogP contribution in [0.15, 0.2) is 60.8 Å². The summed E-state index contributed by atoms with van der Waals surface area (Å²) in [6.07, 6.45) is 1.82. The number of fused-ring (bicyclic) bond motifs is 4. The SMILES string of the molecule is O=C1c2ccccc2C(=O)c2c1ccc1nc(CN3CCN(c4ccccn4)CC3)[nH]c21. The third-order valence-electron chi connectivity index (χ3n) is 6.31. The number of rotatable bonds is 3. The Kier molecular flexibility index (Phi) is 4.36. The Labute approximate surface area is 184 Å². The highest BCUT2D eigenvalue weighted by Gasteiger charge is 2.32. The average molecular weight is 423 g/mol. The van der Waals surface area contributed by atoms with E-state index in [1.54, 1.807) is 30.3 Å². The molecule has 2 aromatic carbocycles. The lowest BCUT2D eigenvalue weighted by molar-refractivity contribution is 0.0980. The zero-order valence-electron chi connectivity index (χ0n) is 17.4. The van der Waals surface area contributed by atoms with Crippen LogP contribution in [0.25, 0.3) is 11.0 Å². The summed E-state index contributed by atoms with van der Waals surface area (Å²) >= 11 is 0. The van der Waals surface area contributed by atoms with E-state index in [1.165, 1.54) is 0 Å². The lowest BCUT2D eigenvalue weighted by Gasteiger charge is -2.34. The fourth-order valence-corrected chi connectivity index (χ4v) is 4.68. The number of nitrogens with zero attached hydrogens (tertiary/aromatic N) is 4. The Morgan fingerprint density at radius 1 is 0.812 bits per heavy atom. The van der Waals surface area contributed by atoms with Gasteiger partial charge in [0.25, 0.3) is 0 Å². The Morgan fingerprint density at radius 3 is 2.31 bits per heavy atom. The van der Waals surface area contributed by atoms with Crippen LogP contribution in [0.5, 0.6) is 0 Å². The third kappa shape index (κ3) is 3.01. The van der Waals surface area contributed by atoms with Gasteiger partial charge < -0.3 is 9.88 Å². The van der Waals surface area contributed by atoms with Crippen LogP contribution in [-0.4, -0.2) is 57.6 Å². The van der Waals surface area contributed by atoms with E-state index in [4.69, 9.17) is 4.98 Å². The van der Waals surface area contributed by atoms with E-state index >= 15 is 0 Å². The lowest BCUT2D eigenvalue weighted by Crippen LogP contribution is -2.46. The number of piperazine rings is 1. The van der Waals surface area contributed by atoms with E-state index in [0.717, 1.165) is 37.8 Å². The molecule has 4 aromatic rings. The van der Waals surface area contributed by atoms with Gasteiger partial charge in [0, 0.05) is 49.1 Å². The minimum absolute atomic E-state index is 0.112. The van der Waals surface area contributed by atoms with Gasteiger partial charge in [-0.25, -0.2) is 9.97 Å². The molecule has 32 heavy (non-hydrogen) atoms. The predicted octanol–water partition coefficient (Wildman–Crippen LogP) is 3.06. The second-order valence-electron chi connectivity index (χ2n) is 8.22. The summed E-state index contributed by atoms with van der Waals surface area (Å²) in [5.74, 6) is 1.57. The number of nitrogens with one attached hydrogen (secondary N) is 1. The van der Waals surface area contributed by atoms with Gasteiger partial charge in [-0.3, -0.25) is 14.5 Å². The number of carbonyl (C=O) groups is 2. The first kappa shape index (κ1) is 18.9. The smallest absolute Gasteiger partial charge is 0.196 e. The largest absolute Gasteiger partial charge is 0.354 e. The summed E-state index contributed by atoms with van der Waals surface area (Å²) < 4.78 is 0. The average Bonchev–Trinajstić information content (AvgIpc) is 3.25. The Morgan fingerprint density at radius 2 is 1.56 bits per heavy atom. The van der Waals surface area contributed by atoms with Crippen molar-refractivity contribution in [1.82, 2.24) is 19.9 Å². The van der Waals surface area contributed by atoms with Crippen molar-refractivity contribution in [2.75, 3.05) is 31.1 Å². The van der Waals surface area contributed by atoms with Gasteiger partial charge >= 0.3 is 0 Å². The lowest BCUT2D eigenvalue weighted by atomic mass is 9.83. The summed E-state index contributed by atoms with van der Waals surface area (Å²) in [6.45, 7) is 4.26. The molecule has 1 fully saturated rings. The summed E-state index contributed by atoms with van der Waals surface area (Å²) in [7, 11) is 0. The number of hydrogen-bond acceptors (Lipinski definition) is 6. The first-order valence-corrected chi connectivity index (χ1v) is 10.8. The maximum absolute atomic E-state index is 13.2. The van der Waals surface area contributed by atoms with Crippen molar-refractivity contribution in [1.29, 1.82) is 0 Å². The molecule has 1 saturated heterocycles. The highest BCUT2D eigenvalue weighted by Crippen LogP contribution is 2.31. The van der Waals surface area contributed by atoms with Crippen molar-refractivity contribution < 1.29 is 9.59 Å². The van der Waals surface area contributed by atoms with Gasteiger partial charge in [0.05, 0.1) is 23.1 Å². The minimum Gasteiger partial charge on any atom is -0.354 e. The zero-order valence-corrected chi connectivity index (χ0v) is 17.4. The van der Waals surface area contributed by atoms with E-state index in [0.29, 0.717) is 39.8 Å². The molecule has 158 valence electrons. The van der Waals surface area contributed by atoms with Gasteiger partial charge in [-0.15, -0.1) is 0 Å². The second-order valence-corrected chi connectivity index (χ2v) is 8.22. The summed E-state index contributed by atoms with van der Waals surface area (Å²) in [4.78, 5) is 43.3. The fraction of sp³-hybridized carbons (Fsp3) is 0.200. The molecule has 0 radical (unpaired) electrons. The van der Waals surface area contributed by atoms with E-state index in [-0.39, 0.29) is 11.6 Å². The van der Waals surface area contributed by atoms with Crippen molar-refractivity contribution in [2.45, 2.75) is 6.54 Å². The number of anilines is 1. The molecule has 1 N–H and O–H groups in total. The van der Waals surface area contributed by atoms with Crippen LogP contribution < -0.4 is 4.90 Å². The fourth-order valence-electron chi connectivity index (χ4n) is 4.68. The van der Waals surface area contributed by atoms with Gasteiger partial charge in [-0.05, 0) is 24.3 Å². The molecule has 7 heteroatoms. The molecule has 1 aliphatic heterocycles. The number of H-pyrrole nitrogens is 1. The number of ketones is 2. The first-order chi connectivity index (χ1) is 15.7. The van der Waals surface area contributed by atoms with E-state index in [1.807, 2.05) is 30.5 Å². The van der Waals surface area contributed by atoms with Crippen LogP contribution in [0.2, 0.25) is 0 Å². The zero-order chi connectivity index (χ0) is 21.7. The van der Waals surface area contributed by atoms with Crippen LogP contribution >= 0.6 is 0 Å². The number of benzene rings is 2. The minimum atomic E-state index is -0.125. The molecule has 2 aromatic heterocycles. The summed E-state index contributed by atoms with van der Waals surface area (Å²) in [5, 5.41) is 0. The molecule has 2 aliphatic rings. The van der Waals surface area contributed by atoms with Gasteiger partial charge in [-0.2, -0.15) is 0 Å². The molecule has 0 bridgehead atoms. The molecule has 0 spiro atoms. The van der Waals surface area contributed by atoms with E-state index in [2.05, 4.69) is 19.8 Å². The summed E-state index contributed by atoms with van der Waals surface area (Å²) in [5.41, 5.74) is 3.17. The van der Waals surface area contributed by atoms with Crippen LogP contribution in [-0.2, 0) is 6.54 Å². The standard InChI is InChI=1S/C25H21N5O2/c31-24-16-5-1-2-6-17(16)25(32)22-18(24)8-9-19-23(22)28-20(27-19)15-29-11-13-30(14-12-29)21-7-3-4-10-26-21/h1-10H,11-15H2,(H,27,28). The predicted molar refractivity (Wildman–Crippen MR) is 121 cm³/mol. The van der Waals surface area contributed by atoms with Crippen molar-refractivity contribution in [3.8, 4) is 0 Å². The highest BCUT2D eigenvalue weighted by molar-refractivity contribution is 6.31. The molecule has 0 saturated carbocycles. The maximum atomic E-state index is 13.2. The third-order valence-corrected chi connectivity index (χ3v) is 6.31. The molecule has 7 nitrogen and oxygen atoms in total. The molecule has 1 aliphatic carbocycles. The molecular weight excluding hydrogens is 402 g/mol. The number of imidazole rings is 1. The van der Waals surface area contributed by atoms with Crippen molar-refractivity contribution >= 4 is 28.4 Å². The molecular formula is C25H21N5O2. The Hall–Kier alpha value is -3.84. The van der Waals surface area contributed by atoms with Gasteiger partial charge in [-0.1, -0.05) is 30.3 Å². The molecule has 6 rings (SSSR count). The number of hydrogen-bond donors (Lipinski definition) is 1. The molecule has 0 amide bonds. The van der Waals surface area contributed by atoms with Crippen molar-refractivity contribution in [3.05, 3.63) is 88.9 Å². The van der Waals surface area contributed by atoms with E-state index < -0.39 is 0 Å². The highest BCUT2D eigenvalue weighted by atomic mass is 16.1. The Balaban J connectivity index is 1.26. The second kappa shape index (κ2) is 7.39. The number of pyridine rings is 1. The van der Waals surface area contributed by atoms with E-state index in [9.17, 15) is 9.59 Å². The Bertz CT molecular complexity index is 1350. The molecule has 0 atom stereocenters. The quantitative estimate of drug-likeness (QED) is 0.480. The number of carbonyl (C=O) groups excluding carboxylic acids is 2. The molecule has 3 heterocycles. The van der Waals surface area contributed by atoms with Gasteiger partial charge in [0.15, 0.2) is 11.6 Å². The first-order valence-electron chi connectivity index (χ1n) is 10.8. The monoisotopic (exact) mass is 423 g/mol. The van der Waals surface area contributed by atoms with Gasteiger partial charge in [0.2, 0.25) is 0 Å². The topological polar surface area (TPSA) is 82.2 Å². The van der Waals surface area contributed by atoms with Crippen LogP contribution in [0.3, 0.4) is 0 Å². The number of aromatic amines is 1. The van der Waals surface area contributed by atoms with Crippen molar-refractivity contribution in [3.63, 3.8) is 0 Å².